The number of hydrogen-bond donors (Lipinski definition) is 1. The van der Waals surface area contributed by atoms with Crippen LogP contribution in [0.3, 0.4) is 0 Å². The first-order valence-corrected chi connectivity index (χ1v) is 9.39. The molecule has 0 saturated carbocycles. The molecule has 2 aromatic rings. The predicted molar refractivity (Wildman–Crippen MR) is 101 cm³/mol. The van der Waals surface area contributed by atoms with Gasteiger partial charge in [-0.3, -0.25) is 9.59 Å². The number of benzene rings is 1. The highest BCUT2D eigenvalue weighted by atomic mass is 16.2. The van der Waals surface area contributed by atoms with Crippen molar-refractivity contribution in [2.45, 2.75) is 31.6 Å². The molecule has 0 unspecified atom stereocenters. The van der Waals surface area contributed by atoms with Crippen molar-refractivity contribution in [3.63, 3.8) is 0 Å². The van der Waals surface area contributed by atoms with Crippen molar-refractivity contribution in [2.24, 2.45) is 0 Å². The van der Waals surface area contributed by atoms with Gasteiger partial charge >= 0.3 is 0 Å². The average molecular weight is 352 g/mol. The number of H-pyrrole nitrogens is 1. The van der Waals surface area contributed by atoms with Crippen molar-refractivity contribution in [3.8, 4) is 0 Å². The van der Waals surface area contributed by atoms with E-state index in [1.165, 1.54) is 24.9 Å². The Balaban J connectivity index is 1.38. The summed E-state index contributed by atoms with van der Waals surface area (Å²) < 4.78 is 0. The van der Waals surface area contributed by atoms with Crippen LogP contribution in [-0.4, -0.2) is 47.0 Å². The third-order valence-corrected chi connectivity index (χ3v) is 5.49. The van der Waals surface area contributed by atoms with Gasteiger partial charge in [0.1, 0.15) is 0 Å². The molecule has 1 amide bonds. The molecule has 0 radical (unpaired) electrons. The quantitative estimate of drug-likeness (QED) is 0.921. The lowest BCUT2D eigenvalue weighted by molar-refractivity contribution is 0.0712. The molecule has 0 spiro atoms. The van der Waals surface area contributed by atoms with E-state index in [0.717, 1.165) is 37.2 Å². The zero-order valence-electron chi connectivity index (χ0n) is 14.9. The first kappa shape index (κ1) is 16.8. The van der Waals surface area contributed by atoms with Crippen LogP contribution in [0.2, 0.25) is 0 Å². The fraction of sp³-hybridized carbons (Fsp3) is 0.450. The van der Waals surface area contributed by atoms with Crippen molar-refractivity contribution < 1.29 is 4.79 Å². The molecule has 26 heavy (non-hydrogen) atoms. The number of rotatable bonds is 3. The number of nitrogens with zero attached hydrogens (tertiary/aromatic N) is 3. The molecule has 2 aliphatic rings. The monoisotopic (exact) mass is 352 g/mol. The fourth-order valence-electron chi connectivity index (χ4n) is 3.96. The van der Waals surface area contributed by atoms with E-state index in [-0.39, 0.29) is 17.4 Å². The van der Waals surface area contributed by atoms with Crippen LogP contribution in [0, 0.1) is 0 Å². The first-order valence-electron chi connectivity index (χ1n) is 9.39. The molecular formula is C20H24N4O2. The van der Waals surface area contributed by atoms with Gasteiger partial charge in [0.2, 0.25) is 0 Å². The molecule has 6 heteroatoms. The molecule has 2 aliphatic heterocycles. The van der Waals surface area contributed by atoms with Crippen LogP contribution in [0.15, 0.2) is 41.5 Å². The van der Waals surface area contributed by atoms with Crippen molar-refractivity contribution in [1.29, 1.82) is 0 Å². The van der Waals surface area contributed by atoms with Gasteiger partial charge in [0.05, 0.1) is 12.0 Å². The smallest absolute Gasteiger partial charge is 0.253 e. The molecule has 2 fully saturated rings. The Morgan fingerprint density at radius 2 is 1.73 bits per heavy atom. The van der Waals surface area contributed by atoms with Crippen LogP contribution in [0.4, 0.5) is 5.69 Å². The van der Waals surface area contributed by atoms with Gasteiger partial charge in [-0.05, 0) is 49.9 Å². The molecule has 1 aromatic heterocycles. The highest BCUT2D eigenvalue weighted by Crippen LogP contribution is 2.27. The third-order valence-electron chi connectivity index (χ3n) is 5.49. The Morgan fingerprint density at radius 1 is 1.04 bits per heavy atom. The maximum absolute atomic E-state index is 12.8. The molecule has 0 bridgehead atoms. The van der Waals surface area contributed by atoms with Gasteiger partial charge in [0, 0.05) is 49.4 Å². The summed E-state index contributed by atoms with van der Waals surface area (Å²) in [5.41, 5.74) is 2.67. The van der Waals surface area contributed by atoms with E-state index in [4.69, 9.17) is 0 Å². The van der Waals surface area contributed by atoms with Crippen LogP contribution in [0.1, 0.15) is 47.7 Å². The first-order chi connectivity index (χ1) is 12.7. The maximum Gasteiger partial charge on any atom is 0.253 e. The Kier molecular flexibility index (Phi) is 4.73. The summed E-state index contributed by atoms with van der Waals surface area (Å²) in [6.07, 6.45) is 5.63. The number of likely N-dealkylation sites (tertiary alicyclic amines) is 1. The topological polar surface area (TPSA) is 69.3 Å². The molecule has 1 N–H and O–H groups in total. The number of anilines is 1. The molecule has 0 aliphatic carbocycles. The van der Waals surface area contributed by atoms with Gasteiger partial charge in [-0.25, -0.2) is 4.98 Å². The number of hydrogen-bond acceptors (Lipinski definition) is 4. The zero-order valence-corrected chi connectivity index (χ0v) is 14.9. The molecule has 4 rings (SSSR count). The number of aromatic nitrogens is 2. The molecule has 3 heterocycles. The number of piperidine rings is 1. The summed E-state index contributed by atoms with van der Waals surface area (Å²) in [5, 5.41) is 0. The zero-order chi connectivity index (χ0) is 17.9. The second-order valence-corrected chi connectivity index (χ2v) is 7.14. The molecule has 2 saturated heterocycles. The molecule has 0 atom stereocenters. The number of nitrogens with one attached hydrogen (secondary N) is 1. The van der Waals surface area contributed by atoms with Crippen LogP contribution >= 0.6 is 0 Å². The van der Waals surface area contributed by atoms with Crippen molar-refractivity contribution in [1.82, 2.24) is 14.9 Å². The van der Waals surface area contributed by atoms with Gasteiger partial charge in [0.15, 0.2) is 0 Å². The van der Waals surface area contributed by atoms with Crippen molar-refractivity contribution >= 4 is 11.6 Å². The minimum Gasteiger partial charge on any atom is -0.372 e. The van der Waals surface area contributed by atoms with E-state index in [1.807, 2.05) is 17.0 Å². The van der Waals surface area contributed by atoms with Crippen LogP contribution in [0.25, 0.3) is 0 Å². The van der Waals surface area contributed by atoms with E-state index in [1.54, 1.807) is 6.07 Å². The largest absolute Gasteiger partial charge is 0.372 e. The van der Waals surface area contributed by atoms with Crippen LogP contribution in [-0.2, 0) is 0 Å². The molecule has 1 aromatic carbocycles. The summed E-state index contributed by atoms with van der Waals surface area (Å²) in [6, 6.07) is 9.58. The fourth-order valence-corrected chi connectivity index (χ4v) is 3.96. The summed E-state index contributed by atoms with van der Waals surface area (Å²) in [7, 11) is 0. The number of aromatic amines is 1. The van der Waals surface area contributed by atoms with Gasteiger partial charge in [-0.15, -0.1) is 0 Å². The van der Waals surface area contributed by atoms with Gasteiger partial charge in [0.25, 0.3) is 11.5 Å². The summed E-state index contributed by atoms with van der Waals surface area (Å²) in [5.74, 6) is 0.342. The summed E-state index contributed by atoms with van der Waals surface area (Å²) in [4.78, 5) is 35.3. The van der Waals surface area contributed by atoms with Crippen LogP contribution < -0.4 is 10.5 Å². The van der Waals surface area contributed by atoms with E-state index >= 15 is 0 Å². The minimum absolute atomic E-state index is 0.0929. The number of carbonyl (C=O) groups excluding carboxylic acids is 1. The van der Waals surface area contributed by atoms with E-state index in [2.05, 4.69) is 27.0 Å². The standard InChI is InChI=1S/C20H24N4O2/c25-19-13-18(21-14-22-19)15-7-11-24(12-8-15)20(26)16-3-5-17(6-4-16)23-9-1-2-10-23/h3-6,13-15H,1-2,7-12H2,(H,21,22,25). The van der Waals surface area contributed by atoms with E-state index in [0.29, 0.717) is 13.1 Å². The number of amides is 1. The summed E-state index contributed by atoms with van der Waals surface area (Å²) in [6.45, 7) is 3.62. The van der Waals surface area contributed by atoms with Gasteiger partial charge in [-0.2, -0.15) is 0 Å². The Hall–Kier alpha value is -2.63. The van der Waals surface area contributed by atoms with Gasteiger partial charge < -0.3 is 14.8 Å². The minimum atomic E-state index is -0.119. The Morgan fingerprint density at radius 3 is 2.38 bits per heavy atom. The lowest BCUT2D eigenvalue weighted by atomic mass is 9.93. The lowest BCUT2D eigenvalue weighted by Crippen LogP contribution is -2.38. The highest BCUT2D eigenvalue weighted by Gasteiger charge is 2.25. The third kappa shape index (κ3) is 3.49. The second kappa shape index (κ2) is 7.32. The average Bonchev–Trinajstić information content (AvgIpc) is 3.23. The van der Waals surface area contributed by atoms with Crippen LogP contribution in [0.5, 0.6) is 0 Å². The lowest BCUT2D eigenvalue weighted by Gasteiger charge is -2.31. The second-order valence-electron chi connectivity index (χ2n) is 7.14. The Bertz CT molecular complexity index is 816. The number of carbonyl (C=O) groups is 1. The van der Waals surface area contributed by atoms with E-state index < -0.39 is 0 Å². The molecular weight excluding hydrogens is 328 g/mol. The summed E-state index contributed by atoms with van der Waals surface area (Å²) >= 11 is 0. The maximum atomic E-state index is 12.8. The Labute approximate surface area is 152 Å². The molecule has 136 valence electrons. The van der Waals surface area contributed by atoms with E-state index in [9.17, 15) is 9.59 Å². The van der Waals surface area contributed by atoms with Crippen molar-refractivity contribution in [2.75, 3.05) is 31.1 Å². The highest BCUT2D eigenvalue weighted by molar-refractivity contribution is 5.94. The predicted octanol–water partition coefficient (Wildman–Crippen LogP) is 2.39. The SMILES string of the molecule is O=C(c1ccc(N2CCCC2)cc1)N1CCC(c2cc(=O)[nH]cn2)CC1. The molecule has 6 nitrogen and oxygen atoms in total. The van der Waals surface area contributed by atoms with Gasteiger partial charge in [-0.1, -0.05) is 0 Å². The normalized spacial score (nSPS) is 18.3. The van der Waals surface area contributed by atoms with Crippen molar-refractivity contribution in [3.05, 3.63) is 58.3 Å².